The Balaban J connectivity index is 2.71. The van der Waals surface area contributed by atoms with Crippen LogP contribution >= 0.6 is 11.8 Å². The average molecular weight is 320 g/mol. The number of nitrogens with zero attached hydrogens (tertiary/aromatic N) is 2. The maximum Gasteiger partial charge on any atom is 0.334 e. The highest BCUT2D eigenvalue weighted by Gasteiger charge is 2.39. The molecule has 0 fully saturated rings. The summed E-state index contributed by atoms with van der Waals surface area (Å²) in [5, 5.41) is 20.6. The molecule has 0 aliphatic carbocycles. The molecule has 22 heavy (non-hydrogen) atoms. The second-order valence-corrected chi connectivity index (χ2v) is 5.99. The lowest BCUT2D eigenvalue weighted by atomic mass is 9.82. The van der Waals surface area contributed by atoms with Crippen LogP contribution in [0.4, 0.5) is 5.69 Å². The Bertz CT molecular complexity index is 697. The number of benzene rings is 1. The number of carboxylic acid groups (broad SMARTS) is 1. The predicted octanol–water partition coefficient (Wildman–Crippen LogP) is 3.24. The fraction of sp³-hybridized carbons (Fsp3) is 0.333. The third kappa shape index (κ3) is 2.76. The molecule has 1 aromatic carbocycles. The van der Waals surface area contributed by atoms with Gasteiger partial charge in [-0.05, 0) is 20.1 Å². The smallest absolute Gasteiger partial charge is 0.334 e. The molecule has 6 nitrogen and oxygen atoms in total. The molecule has 1 heterocycles. The van der Waals surface area contributed by atoms with E-state index in [2.05, 4.69) is 4.99 Å². The lowest BCUT2D eigenvalue weighted by molar-refractivity contribution is -0.385. The van der Waals surface area contributed by atoms with Crippen molar-refractivity contribution in [3.8, 4) is 0 Å². The number of hydrogen-bond acceptors (Lipinski definition) is 5. The van der Waals surface area contributed by atoms with E-state index >= 15 is 0 Å². The summed E-state index contributed by atoms with van der Waals surface area (Å²) < 4.78 is 0. The number of nitro benzene ring substituents is 1. The third-order valence-corrected chi connectivity index (χ3v) is 4.83. The molecule has 1 N–H and O–H groups in total. The fourth-order valence-corrected chi connectivity index (χ4v) is 3.78. The number of aliphatic carboxylic acids is 1. The van der Waals surface area contributed by atoms with Crippen LogP contribution in [-0.4, -0.2) is 33.2 Å². The number of carboxylic acids is 1. The first-order valence-corrected chi connectivity index (χ1v) is 7.92. The van der Waals surface area contributed by atoms with Crippen LogP contribution in [0.2, 0.25) is 0 Å². The lowest BCUT2D eigenvalue weighted by Crippen LogP contribution is -2.32. The van der Waals surface area contributed by atoms with Crippen molar-refractivity contribution in [2.24, 2.45) is 4.99 Å². The Hall–Kier alpha value is -2.15. The quantitative estimate of drug-likeness (QED) is 0.679. The monoisotopic (exact) mass is 320 g/mol. The third-order valence-electron chi connectivity index (χ3n) is 3.71. The molecule has 0 spiro atoms. The minimum absolute atomic E-state index is 0.0622. The van der Waals surface area contributed by atoms with Crippen LogP contribution in [0.25, 0.3) is 0 Å². The molecule has 116 valence electrons. The van der Waals surface area contributed by atoms with Crippen molar-refractivity contribution >= 4 is 29.1 Å². The second-order valence-electron chi connectivity index (χ2n) is 5.01. The maximum absolute atomic E-state index is 11.7. The van der Waals surface area contributed by atoms with E-state index in [0.717, 1.165) is 5.71 Å². The Kier molecular flexibility index (Phi) is 4.65. The number of nitro groups is 1. The molecule has 1 aliphatic rings. The summed E-state index contributed by atoms with van der Waals surface area (Å²) >= 11 is 1.45. The number of thioether (sulfide) groups is 1. The van der Waals surface area contributed by atoms with Crippen molar-refractivity contribution in [1.82, 2.24) is 0 Å². The Morgan fingerprint density at radius 1 is 1.36 bits per heavy atom. The Labute approximate surface area is 132 Å². The molecule has 7 heteroatoms. The normalized spacial score (nSPS) is 21.5. The minimum atomic E-state index is -1.09. The topological polar surface area (TPSA) is 92.8 Å². The SMILES string of the molecule is CSC1C(C)=NC(C)=C(C(=O)O)C1c1ccccc1[N+](=O)[O-]. The maximum atomic E-state index is 11.7. The number of para-hydroxylation sites is 1. The first-order chi connectivity index (χ1) is 10.4. The predicted molar refractivity (Wildman–Crippen MR) is 86.6 cm³/mol. The summed E-state index contributed by atoms with van der Waals surface area (Å²) in [7, 11) is 0. The van der Waals surface area contributed by atoms with Gasteiger partial charge in [-0.15, -0.1) is 0 Å². The molecule has 1 aromatic rings. The molecule has 0 amide bonds. The van der Waals surface area contributed by atoms with Gasteiger partial charge in [-0.25, -0.2) is 4.79 Å². The van der Waals surface area contributed by atoms with E-state index in [9.17, 15) is 20.0 Å². The molecule has 1 aliphatic heterocycles. The number of hydrogen-bond donors (Lipinski definition) is 1. The number of rotatable bonds is 4. The first kappa shape index (κ1) is 16.2. The summed E-state index contributed by atoms with van der Waals surface area (Å²) in [6.07, 6.45) is 1.85. The van der Waals surface area contributed by atoms with Gasteiger partial charge in [0, 0.05) is 29.0 Å². The van der Waals surface area contributed by atoms with E-state index in [0.29, 0.717) is 11.3 Å². The van der Waals surface area contributed by atoms with E-state index < -0.39 is 16.8 Å². The Morgan fingerprint density at radius 2 is 2.00 bits per heavy atom. The van der Waals surface area contributed by atoms with Crippen LogP contribution in [0.3, 0.4) is 0 Å². The zero-order valence-electron chi connectivity index (χ0n) is 12.4. The average Bonchev–Trinajstić information content (AvgIpc) is 2.45. The summed E-state index contributed by atoms with van der Waals surface area (Å²) in [6.45, 7) is 3.45. The largest absolute Gasteiger partial charge is 0.478 e. The van der Waals surface area contributed by atoms with Crippen LogP contribution in [-0.2, 0) is 4.79 Å². The zero-order chi connectivity index (χ0) is 16.4. The van der Waals surface area contributed by atoms with Gasteiger partial charge in [-0.2, -0.15) is 11.8 Å². The molecule has 0 radical (unpaired) electrons. The van der Waals surface area contributed by atoms with Gasteiger partial charge in [0.05, 0.1) is 15.7 Å². The molecule has 0 aromatic heterocycles. The summed E-state index contributed by atoms with van der Waals surface area (Å²) in [5.41, 5.74) is 1.65. The van der Waals surface area contributed by atoms with E-state index in [1.165, 1.54) is 17.8 Å². The van der Waals surface area contributed by atoms with Gasteiger partial charge in [-0.1, -0.05) is 18.2 Å². The van der Waals surface area contributed by atoms with E-state index in [4.69, 9.17) is 0 Å². The molecular formula is C15H16N2O4S. The van der Waals surface area contributed by atoms with Crippen molar-refractivity contribution in [3.63, 3.8) is 0 Å². The van der Waals surface area contributed by atoms with E-state index in [1.807, 2.05) is 13.2 Å². The molecular weight excluding hydrogens is 304 g/mol. The highest BCUT2D eigenvalue weighted by atomic mass is 32.2. The highest BCUT2D eigenvalue weighted by molar-refractivity contribution is 8.00. The van der Waals surface area contributed by atoms with Crippen molar-refractivity contribution in [2.45, 2.75) is 25.0 Å². The number of carbonyl (C=O) groups is 1. The van der Waals surface area contributed by atoms with Gasteiger partial charge in [0.2, 0.25) is 0 Å². The van der Waals surface area contributed by atoms with Crippen LogP contribution in [0.15, 0.2) is 40.5 Å². The molecule has 2 unspecified atom stereocenters. The fourth-order valence-electron chi connectivity index (χ4n) is 2.84. The molecule has 0 saturated heterocycles. The zero-order valence-corrected chi connectivity index (χ0v) is 13.3. The standard InChI is InChI=1S/C15H16N2O4S/c1-8-12(15(18)19)13(14(22-3)9(2)16-8)10-6-4-5-7-11(10)17(20)21/h4-7,13-14H,1-3H3,(H,18,19). The van der Waals surface area contributed by atoms with Crippen LogP contribution in [0.5, 0.6) is 0 Å². The van der Waals surface area contributed by atoms with E-state index in [-0.39, 0.29) is 16.5 Å². The van der Waals surface area contributed by atoms with Crippen molar-refractivity contribution < 1.29 is 14.8 Å². The van der Waals surface area contributed by atoms with E-state index in [1.54, 1.807) is 25.1 Å². The van der Waals surface area contributed by atoms with Crippen LogP contribution < -0.4 is 0 Å². The summed E-state index contributed by atoms with van der Waals surface area (Å²) in [4.78, 5) is 26.8. The number of allylic oxidation sites excluding steroid dienone is 1. The van der Waals surface area contributed by atoms with Gasteiger partial charge in [0.25, 0.3) is 5.69 Å². The van der Waals surface area contributed by atoms with Gasteiger partial charge < -0.3 is 5.11 Å². The second kappa shape index (κ2) is 6.31. The minimum Gasteiger partial charge on any atom is -0.478 e. The lowest BCUT2D eigenvalue weighted by Gasteiger charge is -2.30. The van der Waals surface area contributed by atoms with Crippen molar-refractivity contribution in [3.05, 3.63) is 51.2 Å². The molecule has 0 bridgehead atoms. The van der Waals surface area contributed by atoms with Gasteiger partial charge >= 0.3 is 5.97 Å². The van der Waals surface area contributed by atoms with Crippen LogP contribution in [0.1, 0.15) is 25.3 Å². The van der Waals surface area contributed by atoms with Gasteiger partial charge in [0.15, 0.2) is 0 Å². The molecule has 2 atom stereocenters. The Morgan fingerprint density at radius 3 is 2.55 bits per heavy atom. The summed E-state index contributed by atoms with van der Waals surface area (Å²) in [6, 6.07) is 6.30. The van der Waals surface area contributed by atoms with Gasteiger partial charge in [-0.3, -0.25) is 15.1 Å². The first-order valence-electron chi connectivity index (χ1n) is 6.63. The van der Waals surface area contributed by atoms with Crippen LogP contribution in [0, 0.1) is 10.1 Å². The van der Waals surface area contributed by atoms with Crippen molar-refractivity contribution in [2.75, 3.05) is 6.26 Å². The summed E-state index contributed by atoms with van der Waals surface area (Å²) in [5.74, 6) is -1.68. The molecule has 2 rings (SSSR count). The van der Waals surface area contributed by atoms with Crippen molar-refractivity contribution in [1.29, 1.82) is 0 Å². The number of aliphatic imine (C=N–C) groups is 1. The van der Waals surface area contributed by atoms with Gasteiger partial charge in [0.1, 0.15) is 0 Å². The highest BCUT2D eigenvalue weighted by Crippen LogP contribution is 2.42. The molecule has 0 saturated carbocycles.